The van der Waals surface area contributed by atoms with Crippen LogP contribution in [0.4, 0.5) is 5.82 Å². The first kappa shape index (κ1) is 14.2. The van der Waals surface area contributed by atoms with Crippen molar-refractivity contribution in [2.24, 2.45) is 0 Å². The zero-order chi connectivity index (χ0) is 10.6. The smallest absolute Gasteiger partial charge is 0.818 e. The van der Waals surface area contributed by atoms with Crippen LogP contribution in [0.5, 0.6) is 5.88 Å². The zero-order valence-electron chi connectivity index (χ0n) is 8.75. The van der Waals surface area contributed by atoms with Gasteiger partial charge in [0.25, 0.3) is 0 Å². The Morgan fingerprint density at radius 2 is 2.13 bits per heavy atom. The Bertz CT molecular complexity index is 303. The Hall–Kier alpha value is -0.778. The summed E-state index contributed by atoms with van der Waals surface area (Å²) in [6.07, 6.45) is 2.75. The van der Waals surface area contributed by atoms with Gasteiger partial charge in [0.1, 0.15) is 0 Å². The van der Waals surface area contributed by atoms with Crippen molar-refractivity contribution in [3.8, 4) is 5.88 Å². The molecule has 0 fully saturated rings. The molecule has 1 N–H and O–H groups in total. The van der Waals surface area contributed by atoms with Gasteiger partial charge < -0.3 is 14.6 Å². The molecule has 0 spiro atoms. The van der Waals surface area contributed by atoms with Crippen LogP contribution < -0.4 is 33.4 Å². The SMILES string of the molecule is CN(C)c1cncc(OB([O-])OO)n1.[Li+]. The Kier molecular flexibility index (Phi) is 6.31. The first-order valence-corrected chi connectivity index (χ1v) is 3.75. The number of anilines is 1. The van der Waals surface area contributed by atoms with E-state index in [-0.39, 0.29) is 24.7 Å². The van der Waals surface area contributed by atoms with Gasteiger partial charge in [-0.05, 0) is 0 Å². The van der Waals surface area contributed by atoms with Gasteiger partial charge in [0.05, 0.1) is 12.4 Å². The van der Waals surface area contributed by atoms with E-state index in [9.17, 15) is 5.02 Å². The van der Waals surface area contributed by atoms with E-state index in [1.807, 2.05) is 0 Å². The fourth-order valence-electron chi connectivity index (χ4n) is 0.731. The van der Waals surface area contributed by atoms with Crippen molar-refractivity contribution in [1.29, 1.82) is 0 Å². The summed E-state index contributed by atoms with van der Waals surface area (Å²) in [6.45, 7) is 0. The molecule has 0 bridgehead atoms. The molecule has 0 amide bonds. The fraction of sp³-hybridized carbons (Fsp3) is 0.333. The van der Waals surface area contributed by atoms with Crippen molar-refractivity contribution in [2.75, 3.05) is 19.0 Å². The van der Waals surface area contributed by atoms with Crippen LogP contribution in [-0.2, 0) is 4.81 Å². The number of nitrogens with zero attached hydrogens (tertiary/aromatic N) is 3. The van der Waals surface area contributed by atoms with Crippen LogP contribution in [0.3, 0.4) is 0 Å². The first-order chi connectivity index (χ1) is 6.63. The number of aromatic nitrogens is 2. The number of hydrogen-bond donors (Lipinski definition) is 1. The van der Waals surface area contributed by atoms with Gasteiger partial charge in [-0.3, -0.25) is 15.0 Å². The second-order valence-corrected chi connectivity index (χ2v) is 2.62. The predicted octanol–water partition coefficient (Wildman–Crippen LogP) is -4.24. The molecule has 0 aliphatic carbocycles. The largest absolute Gasteiger partial charge is 1.00 e. The van der Waals surface area contributed by atoms with Gasteiger partial charge >= 0.3 is 26.2 Å². The van der Waals surface area contributed by atoms with Crippen LogP contribution >= 0.6 is 0 Å². The average molecular weight is 205 g/mol. The summed E-state index contributed by atoms with van der Waals surface area (Å²) in [5, 5.41) is 18.5. The van der Waals surface area contributed by atoms with Crippen LogP contribution in [-0.4, -0.2) is 36.6 Å². The minimum absolute atomic E-state index is 0. The Balaban J connectivity index is 0.00000196. The predicted molar refractivity (Wildman–Crippen MR) is 46.5 cm³/mol. The Morgan fingerprint density at radius 3 is 2.67 bits per heavy atom. The summed E-state index contributed by atoms with van der Waals surface area (Å²) >= 11 is 0. The standard InChI is InChI=1S/C6H9BN3O4.Li/c1-10(2)5-3-8-4-6(9-5)13-7(11)14-12;/h3-4,12H,1-2H3;/q-1;+1. The molecule has 76 valence electrons. The molecule has 1 aromatic rings. The van der Waals surface area contributed by atoms with Crippen molar-refractivity contribution in [3.05, 3.63) is 12.4 Å². The third-order valence-electron chi connectivity index (χ3n) is 1.36. The fourth-order valence-corrected chi connectivity index (χ4v) is 0.731. The third kappa shape index (κ3) is 4.51. The number of hydrogen-bond acceptors (Lipinski definition) is 7. The summed E-state index contributed by atoms with van der Waals surface area (Å²) in [6, 6.07) is 0. The van der Waals surface area contributed by atoms with Gasteiger partial charge in [-0.1, -0.05) is 0 Å². The summed E-state index contributed by atoms with van der Waals surface area (Å²) in [5.41, 5.74) is 0. The van der Waals surface area contributed by atoms with Crippen molar-refractivity contribution in [2.45, 2.75) is 0 Å². The maximum Gasteiger partial charge on any atom is 1.00 e. The molecule has 0 saturated carbocycles. The molecule has 15 heavy (non-hydrogen) atoms. The molecule has 1 aromatic heterocycles. The van der Waals surface area contributed by atoms with Gasteiger partial charge in [-0.2, -0.15) is 4.98 Å². The molecule has 0 aromatic carbocycles. The molecule has 0 aliphatic heterocycles. The topological polar surface area (TPSA) is 90.8 Å². The second-order valence-electron chi connectivity index (χ2n) is 2.62. The van der Waals surface area contributed by atoms with E-state index in [1.54, 1.807) is 19.0 Å². The molecule has 0 aliphatic rings. The molecular weight excluding hydrogens is 196 g/mol. The second kappa shape index (κ2) is 6.66. The summed E-state index contributed by atoms with van der Waals surface area (Å²) < 4.78 is 4.53. The Labute approximate surface area is 99.3 Å². The van der Waals surface area contributed by atoms with E-state index in [1.165, 1.54) is 12.4 Å². The maximum atomic E-state index is 10.6. The molecule has 7 nitrogen and oxygen atoms in total. The van der Waals surface area contributed by atoms with Crippen molar-refractivity contribution in [1.82, 2.24) is 9.97 Å². The maximum absolute atomic E-state index is 10.6. The summed E-state index contributed by atoms with van der Waals surface area (Å²) in [5.74, 6) is 0.526. The molecule has 9 heteroatoms. The molecule has 0 saturated heterocycles. The summed E-state index contributed by atoms with van der Waals surface area (Å²) in [4.78, 5) is 12.8. The molecule has 1 heterocycles. The van der Waals surface area contributed by atoms with Gasteiger partial charge in [0, 0.05) is 14.1 Å². The van der Waals surface area contributed by atoms with Crippen LogP contribution in [0.15, 0.2) is 12.4 Å². The van der Waals surface area contributed by atoms with Crippen LogP contribution in [0.1, 0.15) is 0 Å². The van der Waals surface area contributed by atoms with E-state index >= 15 is 0 Å². The van der Waals surface area contributed by atoms with E-state index in [0.29, 0.717) is 5.82 Å². The van der Waals surface area contributed by atoms with Crippen LogP contribution in [0, 0.1) is 0 Å². The third-order valence-corrected chi connectivity index (χ3v) is 1.36. The van der Waals surface area contributed by atoms with E-state index in [0.717, 1.165) is 0 Å². The van der Waals surface area contributed by atoms with Crippen molar-refractivity contribution >= 4 is 13.1 Å². The minimum atomic E-state index is -2.01. The van der Waals surface area contributed by atoms with Crippen molar-refractivity contribution in [3.63, 3.8) is 0 Å². The van der Waals surface area contributed by atoms with Gasteiger partial charge in [0.2, 0.25) is 5.88 Å². The molecule has 0 radical (unpaired) electrons. The van der Waals surface area contributed by atoms with Gasteiger partial charge in [0.15, 0.2) is 5.82 Å². The summed E-state index contributed by atoms with van der Waals surface area (Å²) in [7, 11) is 1.53. The molecule has 1 rings (SSSR count). The number of rotatable bonds is 4. The zero-order valence-corrected chi connectivity index (χ0v) is 8.75. The van der Waals surface area contributed by atoms with Crippen LogP contribution in [0.2, 0.25) is 0 Å². The average Bonchev–Trinajstić information content (AvgIpc) is 2.18. The quantitative estimate of drug-likeness (QED) is 0.302. The monoisotopic (exact) mass is 205 g/mol. The van der Waals surface area contributed by atoms with Crippen LogP contribution in [0.25, 0.3) is 0 Å². The minimum Gasteiger partial charge on any atom is -0.818 e. The normalized spacial score (nSPS) is 9.07. The molecule has 0 atom stereocenters. The first-order valence-electron chi connectivity index (χ1n) is 3.75. The Morgan fingerprint density at radius 1 is 1.47 bits per heavy atom. The van der Waals surface area contributed by atoms with Gasteiger partial charge in [-0.25, -0.2) is 0 Å². The van der Waals surface area contributed by atoms with E-state index < -0.39 is 7.32 Å². The van der Waals surface area contributed by atoms with Crippen molar-refractivity contribution < 1.29 is 38.6 Å². The van der Waals surface area contributed by atoms with Gasteiger partial charge in [-0.15, -0.1) is 0 Å². The van der Waals surface area contributed by atoms with E-state index in [4.69, 9.17) is 5.26 Å². The van der Waals surface area contributed by atoms with E-state index in [2.05, 4.69) is 19.4 Å². The molecular formula is C6H9BLiN3O4. The molecule has 0 unspecified atom stereocenters.